The Balaban J connectivity index is 1.97. The summed E-state index contributed by atoms with van der Waals surface area (Å²) in [7, 11) is 1.54. The van der Waals surface area contributed by atoms with Crippen molar-refractivity contribution >= 4 is 22.9 Å². The molecule has 3 rings (SSSR count). The number of halogens is 1. The van der Waals surface area contributed by atoms with Gasteiger partial charge in [0.1, 0.15) is 17.3 Å². The first-order valence-corrected chi connectivity index (χ1v) is 10.0. The van der Waals surface area contributed by atoms with Crippen molar-refractivity contribution in [1.29, 1.82) is 0 Å². The maximum atomic E-state index is 14.3. The molecular formula is C26H26FNO3. The second-order valence-electron chi connectivity index (χ2n) is 7.27. The topological polar surface area (TPSA) is 62.1 Å². The Morgan fingerprint density at radius 1 is 1.19 bits per heavy atom. The molecule has 0 bridgehead atoms. The van der Waals surface area contributed by atoms with Crippen LogP contribution in [0.3, 0.4) is 0 Å². The van der Waals surface area contributed by atoms with Crippen molar-refractivity contribution in [2.24, 2.45) is 4.99 Å². The first-order chi connectivity index (χ1) is 14.8. The number of aliphatic hydroxyl groups excluding tert-OH is 2. The molecule has 1 aliphatic carbocycles. The minimum Gasteiger partial charge on any atom is -0.508 e. The highest BCUT2D eigenvalue weighted by Gasteiger charge is 2.15. The van der Waals surface area contributed by atoms with E-state index in [0.29, 0.717) is 22.9 Å². The van der Waals surface area contributed by atoms with Crippen LogP contribution in [0.4, 0.5) is 4.39 Å². The predicted molar refractivity (Wildman–Crippen MR) is 124 cm³/mol. The molecule has 0 heterocycles. The molecule has 0 fully saturated rings. The van der Waals surface area contributed by atoms with Crippen molar-refractivity contribution in [3.8, 4) is 0 Å². The van der Waals surface area contributed by atoms with Gasteiger partial charge < -0.3 is 14.9 Å². The van der Waals surface area contributed by atoms with Crippen molar-refractivity contribution in [2.45, 2.75) is 26.7 Å². The molecule has 0 unspecified atom stereocenters. The summed E-state index contributed by atoms with van der Waals surface area (Å²) < 4.78 is 19.8. The molecule has 2 N–H and O–H groups in total. The van der Waals surface area contributed by atoms with Crippen molar-refractivity contribution in [2.75, 3.05) is 7.11 Å². The molecular weight excluding hydrogens is 393 g/mol. The number of benzene rings is 2. The second kappa shape index (κ2) is 9.47. The standard InChI is InChI=1S/C26H26FNO3/c1-5-24(18-10-13-21(17(3)29)23(27)15-18)28-26(31-4)19-11-12-20(16(2)14-19)22-8-6-7-9-25(22)30/h5,7,9-15,29-30H,3,6,8H2,1-2,4H3/b24-5?,28-26-. The molecule has 0 atom stereocenters. The van der Waals surface area contributed by atoms with Gasteiger partial charge in [0.25, 0.3) is 0 Å². The maximum Gasteiger partial charge on any atom is 0.221 e. The first kappa shape index (κ1) is 22.1. The van der Waals surface area contributed by atoms with Crippen molar-refractivity contribution in [3.05, 3.63) is 101 Å². The number of aryl methyl sites for hydroxylation is 1. The Morgan fingerprint density at radius 3 is 2.52 bits per heavy atom. The van der Waals surface area contributed by atoms with Gasteiger partial charge in [0, 0.05) is 16.7 Å². The fourth-order valence-electron chi connectivity index (χ4n) is 3.60. The van der Waals surface area contributed by atoms with E-state index in [0.717, 1.165) is 35.1 Å². The Kier molecular flexibility index (Phi) is 6.75. The predicted octanol–water partition coefficient (Wildman–Crippen LogP) is 6.74. The molecule has 0 saturated heterocycles. The van der Waals surface area contributed by atoms with Gasteiger partial charge in [-0.3, -0.25) is 0 Å². The van der Waals surface area contributed by atoms with Crippen LogP contribution in [0.2, 0.25) is 0 Å². The van der Waals surface area contributed by atoms with E-state index < -0.39 is 5.82 Å². The molecule has 0 amide bonds. The highest BCUT2D eigenvalue weighted by Crippen LogP contribution is 2.30. The van der Waals surface area contributed by atoms with Gasteiger partial charge in [-0.25, -0.2) is 9.38 Å². The van der Waals surface area contributed by atoms with E-state index >= 15 is 0 Å². The molecule has 2 aromatic rings. The van der Waals surface area contributed by atoms with E-state index in [2.05, 4.69) is 11.6 Å². The van der Waals surface area contributed by atoms with Crippen LogP contribution in [0.1, 0.15) is 47.6 Å². The molecule has 5 heteroatoms. The lowest BCUT2D eigenvalue weighted by Gasteiger charge is -2.16. The zero-order chi connectivity index (χ0) is 22.5. The molecule has 0 spiro atoms. The minimum atomic E-state index is -0.576. The van der Waals surface area contributed by atoms with Crippen molar-refractivity contribution < 1.29 is 19.3 Å². The summed E-state index contributed by atoms with van der Waals surface area (Å²) in [6.07, 6.45) is 7.15. The Hall–Kier alpha value is -3.60. The van der Waals surface area contributed by atoms with Gasteiger partial charge in [0.15, 0.2) is 0 Å². The lowest BCUT2D eigenvalue weighted by Crippen LogP contribution is -2.06. The Morgan fingerprint density at radius 2 is 1.94 bits per heavy atom. The number of hydrogen-bond acceptors (Lipinski definition) is 4. The minimum absolute atomic E-state index is 0.0523. The SMILES string of the molecule is C=C(O)c1ccc(C(=CC)/N=C(\OC)c2ccc(C3=C(O)C=CCC3)c(C)c2)cc1F. The third-order valence-corrected chi connectivity index (χ3v) is 5.21. The summed E-state index contributed by atoms with van der Waals surface area (Å²) in [5.41, 5.74) is 4.83. The van der Waals surface area contributed by atoms with E-state index in [9.17, 15) is 14.6 Å². The lowest BCUT2D eigenvalue weighted by molar-refractivity contribution is 0.405. The van der Waals surface area contributed by atoms with Crippen molar-refractivity contribution in [3.63, 3.8) is 0 Å². The maximum absolute atomic E-state index is 14.3. The highest BCUT2D eigenvalue weighted by molar-refractivity contribution is 5.98. The van der Waals surface area contributed by atoms with Gasteiger partial charge >= 0.3 is 0 Å². The Bertz CT molecular complexity index is 1140. The van der Waals surface area contributed by atoms with Crippen LogP contribution in [0.5, 0.6) is 0 Å². The molecule has 0 aromatic heterocycles. The number of aliphatic hydroxyl groups is 2. The van der Waals surface area contributed by atoms with Crippen LogP contribution in [0, 0.1) is 12.7 Å². The molecule has 31 heavy (non-hydrogen) atoms. The molecule has 0 radical (unpaired) electrons. The number of allylic oxidation sites excluding steroid dienone is 4. The van der Waals surface area contributed by atoms with Gasteiger partial charge in [0.2, 0.25) is 5.90 Å². The summed E-state index contributed by atoms with van der Waals surface area (Å²) in [5.74, 6) is -0.207. The molecule has 1 aliphatic rings. The summed E-state index contributed by atoms with van der Waals surface area (Å²) in [5, 5.41) is 19.7. The van der Waals surface area contributed by atoms with Gasteiger partial charge in [-0.05, 0) is 68.2 Å². The number of ether oxygens (including phenoxy) is 1. The van der Waals surface area contributed by atoms with Crippen molar-refractivity contribution in [1.82, 2.24) is 0 Å². The monoisotopic (exact) mass is 419 g/mol. The fourth-order valence-corrected chi connectivity index (χ4v) is 3.60. The smallest absolute Gasteiger partial charge is 0.221 e. The number of methoxy groups -OCH3 is 1. The van der Waals surface area contributed by atoms with E-state index in [1.54, 1.807) is 18.2 Å². The van der Waals surface area contributed by atoms with Crippen LogP contribution in [0.25, 0.3) is 17.0 Å². The van der Waals surface area contributed by atoms with E-state index in [1.165, 1.54) is 19.2 Å². The van der Waals surface area contributed by atoms with Crippen LogP contribution in [-0.4, -0.2) is 23.2 Å². The van der Waals surface area contributed by atoms with Crippen LogP contribution >= 0.6 is 0 Å². The summed E-state index contributed by atoms with van der Waals surface area (Å²) in [4.78, 5) is 4.60. The zero-order valence-electron chi connectivity index (χ0n) is 17.9. The fraction of sp³-hybridized carbons (Fsp3) is 0.192. The average Bonchev–Trinajstić information content (AvgIpc) is 2.75. The third kappa shape index (κ3) is 4.77. The van der Waals surface area contributed by atoms with Crippen LogP contribution in [0.15, 0.2) is 72.0 Å². The summed E-state index contributed by atoms with van der Waals surface area (Å²) in [6.45, 7) is 7.16. The number of aliphatic imine (C=N–C) groups is 1. The van der Waals surface area contributed by atoms with Crippen LogP contribution < -0.4 is 0 Å². The van der Waals surface area contributed by atoms with Gasteiger partial charge in [-0.1, -0.05) is 30.9 Å². The van der Waals surface area contributed by atoms with Gasteiger partial charge in [-0.15, -0.1) is 0 Å². The molecule has 0 saturated carbocycles. The zero-order valence-corrected chi connectivity index (χ0v) is 17.9. The van der Waals surface area contributed by atoms with Gasteiger partial charge in [0.05, 0.1) is 18.4 Å². The number of nitrogens with zero attached hydrogens (tertiary/aromatic N) is 1. The second-order valence-corrected chi connectivity index (χ2v) is 7.27. The molecule has 0 aliphatic heterocycles. The van der Waals surface area contributed by atoms with E-state index in [-0.39, 0.29) is 11.3 Å². The van der Waals surface area contributed by atoms with E-state index in [4.69, 9.17) is 4.74 Å². The van der Waals surface area contributed by atoms with Crippen LogP contribution in [-0.2, 0) is 4.74 Å². The summed E-state index contributed by atoms with van der Waals surface area (Å²) in [6, 6.07) is 10.3. The number of hydrogen-bond donors (Lipinski definition) is 2. The molecule has 4 nitrogen and oxygen atoms in total. The normalized spacial score (nSPS) is 14.7. The lowest BCUT2D eigenvalue weighted by atomic mass is 9.92. The first-order valence-electron chi connectivity index (χ1n) is 10.0. The van der Waals surface area contributed by atoms with E-state index in [1.807, 2.05) is 38.1 Å². The van der Waals surface area contributed by atoms with Gasteiger partial charge in [-0.2, -0.15) is 0 Å². The quantitative estimate of drug-likeness (QED) is 0.321. The molecule has 160 valence electrons. The summed E-state index contributed by atoms with van der Waals surface area (Å²) >= 11 is 0. The highest BCUT2D eigenvalue weighted by atomic mass is 19.1. The largest absolute Gasteiger partial charge is 0.508 e. The third-order valence-electron chi connectivity index (χ3n) is 5.21. The average molecular weight is 419 g/mol. The number of rotatable bonds is 5. The Labute approximate surface area is 182 Å². The molecule has 2 aromatic carbocycles.